The van der Waals surface area contributed by atoms with Crippen molar-refractivity contribution in [3.05, 3.63) is 59.7 Å². The largest absolute Gasteiger partial charge is 0.368 e. The highest BCUT2D eigenvalue weighted by Gasteiger charge is 2.24. The van der Waals surface area contributed by atoms with Gasteiger partial charge in [-0.1, -0.05) is 24.3 Å². The summed E-state index contributed by atoms with van der Waals surface area (Å²) < 4.78 is 23.1. The van der Waals surface area contributed by atoms with Crippen LogP contribution in [0.25, 0.3) is 0 Å². The molecule has 3 rings (SSSR count). The van der Waals surface area contributed by atoms with Gasteiger partial charge in [-0.15, -0.1) is 0 Å². The lowest BCUT2D eigenvalue weighted by atomic mass is 10.1. The van der Waals surface area contributed by atoms with E-state index in [9.17, 15) is 13.2 Å². The predicted octanol–water partition coefficient (Wildman–Crippen LogP) is 1.60. The number of nitrogens with two attached hydrogens (primary N) is 1. The van der Waals surface area contributed by atoms with E-state index in [1.165, 1.54) is 12.1 Å². The van der Waals surface area contributed by atoms with Gasteiger partial charge in [-0.3, -0.25) is 4.79 Å². The van der Waals surface area contributed by atoms with Crippen molar-refractivity contribution in [3.8, 4) is 0 Å². The molecule has 1 aliphatic heterocycles. The Labute approximate surface area is 147 Å². The van der Waals surface area contributed by atoms with E-state index in [0.717, 1.165) is 24.3 Å². The minimum absolute atomic E-state index is 0.0376. The summed E-state index contributed by atoms with van der Waals surface area (Å²) in [5.41, 5.74) is 2.27. The minimum atomic E-state index is -3.83. The molecular weight excluding hydrogens is 338 g/mol. The second-order valence-corrected chi connectivity index (χ2v) is 7.70. The van der Waals surface area contributed by atoms with Crippen LogP contribution in [-0.4, -0.2) is 45.4 Å². The normalized spacial score (nSPS) is 15.3. The second-order valence-electron chi connectivity index (χ2n) is 6.14. The predicted molar refractivity (Wildman–Crippen MR) is 97.1 cm³/mol. The Balaban J connectivity index is 1.75. The number of carbonyl (C=O) groups excluding carboxylic acids is 1. The van der Waals surface area contributed by atoms with Crippen LogP contribution in [0.15, 0.2) is 53.4 Å². The Hall–Kier alpha value is -2.38. The van der Waals surface area contributed by atoms with Crippen molar-refractivity contribution >= 4 is 21.6 Å². The quantitative estimate of drug-likeness (QED) is 0.902. The molecule has 0 spiro atoms. The zero-order valence-corrected chi connectivity index (χ0v) is 14.9. The standard InChI is InChI=1S/C18H21N3O3S/c1-14-7-8-16(25(19,23)24)13-17(14)18(22)21-11-9-20(10-12-21)15-5-3-2-4-6-15/h2-8,13H,9-12H2,1H3,(H2,19,23,24). The maximum atomic E-state index is 12.8. The Morgan fingerprint density at radius 3 is 2.24 bits per heavy atom. The minimum Gasteiger partial charge on any atom is -0.368 e. The molecule has 0 unspecified atom stereocenters. The van der Waals surface area contributed by atoms with Crippen molar-refractivity contribution in [3.63, 3.8) is 0 Å². The number of nitrogens with zero attached hydrogens (tertiary/aromatic N) is 2. The lowest BCUT2D eigenvalue weighted by molar-refractivity contribution is 0.0746. The van der Waals surface area contributed by atoms with E-state index in [-0.39, 0.29) is 10.8 Å². The molecule has 25 heavy (non-hydrogen) atoms. The zero-order chi connectivity index (χ0) is 18.0. The molecule has 2 aromatic rings. The van der Waals surface area contributed by atoms with E-state index in [1.54, 1.807) is 17.9 Å². The van der Waals surface area contributed by atoms with Gasteiger partial charge in [0.25, 0.3) is 5.91 Å². The lowest BCUT2D eigenvalue weighted by Gasteiger charge is -2.36. The van der Waals surface area contributed by atoms with Crippen molar-refractivity contribution in [2.75, 3.05) is 31.1 Å². The first-order chi connectivity index (χ1) is 11.9. The molecule has 0 aliphatic carbocycles. The summed E-state index contributed by atoms with van der Waals surface area (Å²) >= 11 is 0. The number of sulfonamides is 1. The first-order valence-electron chi connectivity index (χ1n) is 8.09. The summed E-state index contributed by atoms with van der Waals surface area (Å²) in [5.74, 6) is -0.157. The van der Waals surface area contributed by atoms with Gasteiger partial charge in [-0.2, -0.15) is 0 Å². The second kappa shape index (κ2) is 6.85. The van der Waals surface area contributed by atoms with Gasteiger partial charge in [-0.05, 0) is 36.8 Å². The van der Waals surface area contributed by atoms with Gasteiger partial charge in [0.05, 0.1) is 4.90 Å². The van der Waals surface area contributed by atoms with Gasteiger partial charge in [0, 0.05) is 37.4 Å². The number of para-hydroxylation sites is 1. The number of piperazine rings is 1. The summed E-state index contributed by atoms with van der Waals surface area (Å²) in [6.07, 6.45) is 0. The zero-order valence-electron chi connectivity index (χ0n) is 14.1. The van der Waals surface area contributed by atoms with Gasteiger partial charge in [0.1, 0.15) is 0 Å². The van der Waals surface area contributed by atoms with Crippen LogP contribution in [0, 0.1) is 6.92 Å². The average Bonchev–Trinajstić information content (AvgIpc) is 2.61. The summed E-state index contributed by atoms with van der Waals surface area (Å²) in [7, 11) is -3.83. The molecule has 1 fully saturated rings. The van der Waals surface area contributed by atoms with Gasteiger partial charge < -0.3 is 9.80 Å². The highest BCUT2D eigenvalue weighted by molar-refractivity contribution is 7.89. The molecule has 2 N–H and O–H groups in total. The molecule has 0 radical (unpaired) electrons. The van der Waals surface area contributed by atoms with E-state index < -0.39 is 10.0 Å². The molecule has 132 valence electrons. The molecule has 1 saturated heterocycles. The number of aryl methyl sites for hydroxylation is 1. The number of rotatable bonds is 3. The highest BCUT2D eigenvalue weighted by atomic mass is 32.2. The number of primary sulfonamides is 1. The van der Waals surface area contributed by atoms with Crippen LogP contribution >= 0.6 is 0 Å². The molecule has 1 heterocycles. The van der Waals surface area contributed by atoms with E-state index in [2.05, 4.69) is 17.0 Å². The van der Waals surface area contributed by atoms with Crippen molar-refractivity contribution in [2.24, 2.45) is 5.14 Å². The maximum Gasteiger partial charge on any atom is 0.254 e. The van der Waals surface area contributed by atoms with E-state index in [0.29, 0.717) is 18.7 Å². The Morgan fingerprint density at radius 2 is 1.64 bits per heavy atom. The molecule has 0 bridgehead atoms. The third kappa shape index (κ3) is 3.83. The third-order valence-electron chi connectivity index (χ3n) is 4.46. The number of carbonyl (C=O) groups is 1. The SMILES string of the molecule is Cc1ccc(S(N)(=O)=O)cc1C(=O)N1CCN(c2ccccc2)CC1. The monoisotopic (exact) mass is 359 g/mol. The molecular formula is C18H21N3O3S. The lowest BCUT2D eigenvalue weighted by Crippen LogP contribution is -2.49. The number of amides is 1. The maximum absolute atomic E-state index is 12.8. The van der Waals surface area contributed by atoms with Gasteiger partial charge in [0.15, 0.2) is 0 Å². The van der Waals surface area contributed by atoms with E-state index >= 15 is 0 Å². The van der Waals surface area contributed by atoms with E-state index in [4.69, 9.17) is 5.14 Å². The Kier molecular flexibility index (Phi) is 4.78. The van der Waals surface area contributed by atoms with Crippen LogP contribution in [0.5, 0.6) is 0 Å². The number of hydrogen-bond donors (Lipinski definition) is 1. The molecule has 0 aromatic heterocycles. The van der Waals surface area contributed by atoms with Crippen LogP contribution in [0.2, 0.25) is 0 Å². The molecule has 7 heteroatoms. The van der Waals surface area contributed by atoms with Crippen LogP contribution in [0.4, 0.5) is 5.69 Å². The Morgan fingerprint density at radius 1 is 1.00 bits per heavy atom. The molecule has 0 saturated carbocycles. The van der Waals surface area contributed by atoms with Crippen LogP contribution in [0.1, 0.15) is 15.9 Å². The van der Waals surface area contributed by atoms with Crippen molar-refractivity contribution < 1.29 is 13.2 Å². The number of anilines is 1. The first kappa shape index (κ1) is 17.4. The molecule has 1 aliphatic rings. The van der Waals surface area contributed by atoms with Crippen molar-refractivity contribution in [1.29, 1.82) is 0 Å². The van der Waals surface area contributed by atoms with Gasteiger partial charge in [0.2, 0.25) is 10.0 Å². The fourth-order valence-electron chi connectivity index (χ4n) is 2.99. The summed E-state index contributed by atoms with van der Waals surface area (Å²) in [6.45, 7) is 4.45. The van der Waals surface area contributed by atoms with Crippen LogP contribution in [-0.2, 0) is 10.0 Å². The average molecular weight is 359 g/mol. The molecule has 0 atom stereocenters. The smallest absolute Gasteiger partial charge is 0.254 e. The van der Waals surface area contributed by atoms with Crippen molar-refractivity contribution in [1.82, 2.24) is 4.90 Å². The number of benzene rings is 2. The topological polar surface area (TPSA) is 83.7 Å². The van der Waals surface area contributed by atoms with Gasteiger partial charge in [-0.25, -0.2) is 13.6 Å². The van der Waals surface area contributed by atoms with Crippen LogP contribution < -0.4 is 10.0 Å². The molecule has 6 nitrogen and oxygen atoms in total. The van der Waals surface area contributed by atoms with Crippen LogP contribution in [0.3, 0.4) is 0 Å². The summed E-state index contributed by atoms with van der Waals surface area (Å²) in [4.78, 5) is 16.8. The summed E-state index contributed by atoms with van der Waals surface area (Å²) in [6, 6.07) is 14.5. The van der Waals surface area contributed by atoms with E-state index in [1.807, 2.05) is 18.2 Å². The highest BCUT2D eigenvalue weighted by Crippen LogP contribution is 2.20. The fraction of sp³-hybridized carbons (Fsp3) is 0.278. The summed E-state index contributed by atoms with van der Waals surface area (Å²) in [5, 5.41) is 5.18. The third-order valence-corrected chi connectivity index (χ3v) is 5.37. The molecule has 1 amide bonds. The number of hydrogen-bond acceptors (Lipinski definition) is 4. The fourth-order valence-corrected chi connectivity index (χ4v) is 3.53. The van der Waals surface area contributed by atoms with Gasteiger partial charge >= 0.3 is 0 Å². The first-order valence-corrected chi connectivity index (χ1v) is 9.63. The Bertz CT molecular complexity index is 874. The molecule has 2 aromatic carbocycles. The van der Waals surface area contributed by atoms with Crippen molar-refractivity contribution in [2.45, 2.75) is 11.8 Å².